The minimum Gasteiger partial charge on any atom is -0.473 e. The van der Waals surface area contributed by atoms with Gasteiger partial charge in [-0.3, -0.25) is 4.79 Å². The number of piperidine rings is 1. The highest BCUT2D eigenvalue weighted by Gasteiger charge is 2.27. The lowest BCUT2D eigenvalue weighted by atomic mass is 10.1. The largest absolute Gasteiger partial charge is 0.473 e. The van der Waals surface area contributed by atoms with E-state index in [-0.39, 0.29) is 12.0 Å². The Morgan fingerprint density at radius 1 is 1.23 bits per heavy atom. The molecule has 0 aliphatic carbocycles. The second-order valence-electron chi connectivity index (χ2n) is 6.67. The number of carbonyl (C=O) groups is 1. The number of furan rings is 1. The number of ether oxygens (including phenoxy) is 1. The number of carbonyl (C=O) groups excluding carboxylic acids is 1. The molecule has 3 heterocycles. The molecule has 4 rings (SSSR count). The number of fused-ring (bicyclic) bond motifs is 1. The van der Waals surface area contributed by atoms with Crippen molar-refractivity contribution in [3.8, 4) is 5.88 Å². The van der Waals surface area contributed by atoms with Crippen molar-refractivity contribution in [1.29, 1.82) is 0 Å². The number of hydrogen-bond acceptors (Lipinski definition) is 5. The van der Waals surface area contributed by atoms with E-state index in [9.17, 15) is 4.79 Å². The highest BCUT2D eigenvalue weighted by Crippen LogP contribution is 2.25. The third-order valence-corrected chi connectivity index (χ3v) is 4.82. The highest BCUT2D eigenvalue weighted by atomic mass is 16.5. The van der Waals surface area contributed by atoms with Crippen molar-refractivity contribution in [3.63, 3.8) is 0 Å². The molecule has 0 spiro atoms. The van der Waals surface area contributed by atoms with Crippen LogP contribution >= 0.6 is 0 Å². The molecule has 1 aliphatic rings. The molecule has 3 aromatic rings. The zero-order chi connectivity index (χ0) is 18.1. The van der Waals surface area contributed by atoms with E-state index >= 15 is 0 Å². The number of aryl methyl sites for hydroxylation is 2. The molecule has 1 amide bonds. The van der Waals surface area contributed by atoms with E-state index in [1.807, 2.05) is 49.1 Å². The van der Waals surface area contributed by atoms with Crippen LogP contribution in [0.5, 0.6) is 5.88 Å². The summed E-state index contributed by atoms with van der Waals surface area (Å²) in [5.41, 5.74) is 0.654. The van der Waals surface area contributed by atoms with Crippen LogP contribution in [-0.2, 0) is 0 Å². The van der Waals surface area contributed by atoms with E-state index in [0.29, 0.717) is 30.3 Å². The summed E-state index contributed by atoms with van der Waals surface area (Å²) in [6.45, 7) is 5.00. The van der Waals surface area contributed by atoms with Crippen molar-refractivity contribution < 1.29 is 13.9 Å². The van der Waals surface area contributed by atoms with Gasteiger partial charge in [0, 0.05) is 36.7 Å². The SMILES string of the molecule is Cc1cc(C(=O)N2CCC(Oc3nncc4ccccc34)CC2)c(C)o1. The van der Waals surface area contributed by atoms with Gasteiger partial charge >= 0.3 is 0 Å². The fraction of sp³-hybridized carbons (Fsp3) is 0.350. The Morgan fingerprint density at radius 3 is 2.73 bits per heavy atom. The Balaban J connectivity index is 1.42. The van der Waals surface area contributed by atoms with Crippen molar-refractivity contribution in [2.45, 2.75) is 32.8 Å². The Bertz CT molecular complexity index is 937. The third-order valence-electron chi connectivity index (χ3n) is 4.82. The molecule has 0 atom stereocenters. The smallest absolute Gasteiger partial charge is 0.257 e. The lowest BCUT2D eigenvalue weighted by Gasteiger charge is -2.31. The summed E-state index contributed by atoms with van der Waals surface area (Å²) in [5.74, 6) is 2.03. The number of amides is 1. The van der Waals surface area contributed by atoms with E-state index in [1.54, 1.807) is 6.20 Å². The van der Waals surface area contributed by atoms with Crippen molar-refractivity contribution in [2.75, 3.05) is 13.1 Å². The fourth-order valence-electron chi connectivity index (χ4n) is 3.44. The average molecular weight is 351 g/mol. The summed E-state index contributed by atoms with van der Waals surface area (Å²) in [6, 6.07) is 9.73. The van der Waals surface area contributed by atoms with Gasteiger partial charge in [-0.2, -0.15) is 5.10 Å². The molecular weight excluding hydrogens is 330 g/mol. The van der Waals surface area contributed by atoms with Crippen LogP contribution in [0.2, 0.25) is 0 Å². The van der Waals surface area contributed by atoms with Gasteiger partial charge in [-0.15, -0.1) is 5.10 Å². The number of benzene rings is 1. The lowest BCUT2D eigenvalue weighted by molar-refractivity contribution is 0.0587. The van der Waals surface area contributed by atoms with Crippen molar-refractivity contribution in [3.05, 3.63) is 53.6 Å². The number of likely N-dealkylation sites (tertiary alicyclic amines) is 1. The summed E-state index contributed by atoms with van der Waals surface area (Å²) < 4.78 is 11.6. The van der Waals surface area contributed by atoms with Crippen LogP contribution < -0.4 is 4.74 Å². The molecule has 2 aromatic heterocycles. The normalized spacial score (nSPS) is 15.4. The second-order valence-corrected chi connectivity index (χ2v) is 6.67. The predicted molar refractivity (Wildman–Crippen MR) is 97.3 cm³/mol. The topological polar surface area (TPSA) is 68.5 Å². The summed E-state index contributed by atoms with van der Waals surface area (Å²) in [5, 5.41) is 10.1. The molecule has 0 saturated carbocycles. The van der Waals surface area contributed by atoms with Crippen LogP contribution in [0, 0.1) is 13.8 Å². The quantitative estimate of drug-likeness (QED) is 0.722. The van der Waals surface area contributed by atoms with Crippen LogP contribution in [0.4, 0.5) is 0 Å². The summed E-state index contributed by atoms with van der Waals surface area (Å²) in [7, 11) is 0. The summed E-state index contributed by atoms with van der Waals surface area (Å²) in [4.78, 5) is 14.5. The van der Waals surface area contributed by atoms with Gasteiger partial charge in [-0.1, -0.05) is 18.2 Å². The summed E-state index contributed by atoms with van der Waals surface area (Å²) >= 11 is 0. The molecule has 1 aliphatic heterocycles. The maximum atomic E-state index is 12.7. The molecule has 26 heavy (non-hydrogen) atoms. The first-order chi connectivity index (χ1) is 12.6. The minimum absolute atomic E-state index is 0.0303. The van der Waals surface area contributed by atoms with Gasteiger partial charge in [0.15, 0.2) is 0 Å². The molecular formula is C20H21N3O3. The molecule has 134 valence electrons. The Morgan fingerprint density at radius 2 is 2.00 bits per heavy atom. The fourth-order valence-corrected chi connectivity index (χ4v) is 3.44. The molecule has 6 heteroatoms. The van der Waals surface area contributed by atoms with E-state index in [0.717, 1.165) is 29.4 Å². The third kappa shape index (κ3) is 3.14. The van der Waals surface area contributed by atoms with Gasteiger partial charge in [0.2, 0.25) is 5.88 Å². The average Bonchev–Trinajstić information content (AvgIpc) is 3.00. The highest BCUT2D eigenvalue weighted by molar-refractivity contribution is 5.95. The van der Waals surface area contributed by atoms with Gasteiger partial charge in [0.1, 0.15) is 17.6 Å². The molecule has 0 bridgehead atoms. The van der Waals surface area contributed by atoms with E-state index < -0.39 is 0 Å². The minimum atomic E-state index is 0.0303. The first-order valence-corrected chi connectivity index (χ1v) is 8.85. The first-order valence-electron chi connectivity index (χ1n) is 8.85. The molecule has 1 saturated heterocycles. The van der Waals surface area contributed by atoms with Gasteiger partial charge in [-0.25, -0.2) is 0 Å². The maximum Gasteiger partial charge on any atom is 0.257 e. The zero-order valence-electron chi connectivity index (χ0n) is 14.9. The second kappa shape index (κ2) is 6.78. The van der Waals surface area contributed by atoms with Gasteiger partial charge in [0.05, 0.1) is 11.8 Å². The maximum absolute atomic E-state index is 12.7. The monoisotopic (exact) mass is 351 g/mol. The Hall–Kier alpha value is -2.89. The molecule has 0 unspecified atom stereocenters. The summed E-state index contributed by atoms with van der Waals surface area (Å²) in [6.07, 6.45) is 3.31. The molecule has 6 nitrogen and oxygen atoms in total. The van der Waals surface area contributed by atoms with Crippen LogP contribution in [0.1, 0.15) is 34.7 Å². The van der Waals surface area contributed by atoms with Crippen molar-refractivity contribution >= 4 is 16.7 Å². The van der Waals surface area contributed by atoms with Gasteiger partial charge < -0.3 is 14.1 Å². The number of aromatic nitrogens is 2. The van der Waals surface area contributed by atoms with Crippen molar-refractivity contribution in [2.24, 2.45) is 0 Å². The van der Waals surface area contributed by atoms with Gasteiger partial charge in [-0.05, 0) is 26.0 Å². The van der Waals surface area contributed by atoms with E-state index in [2.05, 4.69) is 10.2 Å². The number of hydrogen-bond donors (Lipinski definition) is 0. The Kier molecular flexibility index (Phi) is 4.32. The van der Waals surface area contributed by atoms with Crippen LogP contribution in [-0.4, -0.2) is 40.2 Å². The Labute approximate surface area is 151 Å². The standard InChI is InChI=1S/C20H21N3O3/c1-13-11-18(14(2)25-13)20(24)23-9-7-16(8-10-23)26-19-17-6-4-3-5-15(17)12-21-22-19/h3-6,11-12,16H,7-10H2,1-2H3. The van der Waals surface area contributed by atoms with Crippen LogP contribution in [0.15, 0.2) is 40.9 Å². The van der Waals surface area contributed by atoms with Gasteiger partial charge in [0.25, 0.3) is 5.91 Å². The van der Waals surface area contributed by atoms with Crippen molar-refractivity contribution in [1.82, 2.24) is 15.1 Å². The van der Waals surface area contributed by atoms with E-state index in [1.165, 1.54) is 0 Å². The van der Waals surface area contributed by atoms with E-state index in [4.69, 9.17) is 9.15 Å². The van der Waals surface area contributed by atoms with Crippen LogP contribution in [0.3, 0.4) is 0 Å². The molecule has 1 fully saturated rings. The molecule has 1 aromatic carbocycles. The molecule has 0 radical (unpaired) electrons. The van der Waals surface area contributed by atoms with Crippen LogP contribution in [0.25, 0.3) is 10.8 Å². The lowest BCUT2D eigenvalue weighted by Crippen LogP contribution is -2.42. The number of nitrogens with zero attached hydrogens (tertiary/aromatic N) is 3. The predicted octanol–water partition coefficient (Wildman–Crippen LogP) is 3.52. The number of rotatable bonds is 3. The zero-order valence-corrected chi connectivity index (χ0v) is 14.9. The first kappa shape index (κ1) is 16.6. The molecule has 0 N–H and O–H groups in total.